The number of amides is 1. The van der Waals surface area contributed by atoms with Crippen molar-refractivity contribution in [1.29, 1.82) is 0 Å². The fourth-order valence-electron chi connectivity index (χ4n) is 1.56. The van der Waals surface area contributed by atoms with E-state index in [1.54, 1.807) is 18.8 Å². The SMILES string of the molecule is CCNC(=NCC(=O)N(C)C)NCCc1cnn(C)c1.I. The molecular formula is C13H25IN6O. The lowest BCUT2D eigenvalue weighted by molar-refractivity contribution is -0.127. The van der Waals surface area contributed by atoms with Crippen LogP contribution in [0.1, 0.15) is 12.5 Å². The summed E-state index contributed by atoms with van der Waals surface area (Å²) in [5.74, 6) is 0.640. The number of aliphatic imine (C=N–C) groups is 1. The van der Waals surface area contributed by atoms with Crippen molar-refractivity contribution in [3.05, 3.63) is 18.0 Å². The van der Waals surface area contributed by atoms with Crippen LogP contribution in [0.3, 0.4) is 0 Å². The van der Waals surface area contributed by atoms with E-state index in [0.29, 0.717) is 5.96 Å². The lowest BCUT2D eigenvalue weighted by Crippen LogP contribution is -2.39. The molecule has 8 heteroatoms. The number of likely N-dealkylation sites (N-methyl/N-ethyl adjacent to an activating group) is 1. The molecule has 0 saturated heterocycles. The molecule has 120 valence electrons. The maximum atomic E-state index is 11.5. The number of nitrogens with one attached hydrogen (secondary N) is 2. The Kier molecular flexibility index (Phi) is 9.76. The van der Waals surface area contributed by atoms with E-state index in [2.05, 4.69) is 20.7 Å². The van der Waals surface area contributed by atoms with Crippen LogP contribution in [-0.4, -0.2) is 60.3 Å². The lowest BCUT2D eigenvalue weighted by Gasteiger charge is -2.12. The Morgan fingerprint density at radius 3 is 2.67 bits per heavy atom. The highest BCUT2D eigenvalue weighted by atomic mass is 127. The van der Waals surface area contributed by atoms with Gasteiger partial charge in [0.2, 0.25) is 5.91 Å². The number of nitrogens with zero attached hydrogens (tertiary/aromatic N) is 4. The molecule has 0 saturated carbocycles. The molecule has 7 nitrogen and oxygen atoms in total. The van der Waals surface area contributed by atoms with E-state index >= 15 is 0 Å². The van der Waals surface area contributed by atoms with Gasteiger partial charge in [0.25, 0.3) is 0 Å². The number of hydrogen-bond donors (Lipinski definition) is 2. The number of carbonyl (C=O) groups excluding carboxylic acids is 1. The summed E-state index contributed by atoms with van der Waals surface area (Å²) in [5, 5.41) is 10.4. The van der Waals surface area contributed by atoms with Crippen LogP contribution in [0.25, 0.3) is 0 Å². The number of guanidine groups is 1. The minimum absolute atomic E-state index is 0. The molecular weight excluding hydrogens is 383 g/mol. The smallest absolute Gasteiger partial charge is 0.243 e. The number of carbonyl (C=O) groups is 1. The van der Waals surface area contributed by atoms with Gasteiger partial charge in [0.15, 0.2) is 5.96 Å². The molecule has 0 aliphatic rings. The van der Waals surface area contributed by atoms with E-state index in [1.165, 1.54) is 10.5 Å². The first-order valence-electron chi connectivity index (χ1n) is 6.72. The first kappa shape index (κ1) is 19.7. The minimum atomic E-state index is -0.0190. The van der Waals surface area contributed by atoms with Crippen LogP contribution < -0.4 is 10.6 Å². The van der Waals surface area contributed by atoms with Crippen LogP contribution in [0.2, 0.25) is 0 Å². The number of rotatable bonds is 6. The van der Waals surface area contributed by atoms with E-state index in [0.717, 1.165) is 19.5 Å². The predicted molar refractivity (Wildman–Crippen MR) is 95.0 cm³/mol. The Labute approximate surface area is 143 Å². The zero-order valence-electron chi connectivity index (χ0n) is 13.1. The normalized spacial score (nSPS) is 10.8. The Balaban J connectivity index is 0.00000400. The zero-order chi connectivity index (χ0) is 15.0. The molecule has 0 atom stereocenters. The highest BCUT2D eigenvalue weighted by Crippen LogP contribution is 1.95. The molecule has 1 amide bonds. The Morgan fingerprint density at radius 1 is 1.43 bits per heavy atom. The maximum Gasteiger partial charge on any atom is 0.243 e. The molecule has 21 heavy (non-hydrogen) atoms. The van der Waals surface area contributed by atoms with Crippen LogP contribution >= 0.6 is 24.0 Å². The fraction of sp³-hybridized carbons (Fsp3) is 0.615. The first-order valence-corrected chi connectivity index (χ1v) is 6.72. The quantitative estimate of drug-likeness (QED) is 0.402. The molecule has 0 radical (unpaired) electrons. The molecule has 0 aliphatic heterocycles. The summed E-state index contributed by atoms with van der Waals surface area (Å²) in [5.41, 5.74) is 1.17. The van der Waals surface area contributed by atoms with Crippen LogP contribution in [0, 0.1) is 0 Å². The van der Waals surface area contributed by atoms with Gasteiger partial charge >= 0.3 is 0 Å². The summed E-state index contributed by atoms with van der Waals surface area (Å²) in [6.45, 7) is 3.64. The predicted octanol–water partition coefficient (Wildman–Crippen LogP) is 0.224. The maximum absolute atomic E-state index is 11.5. The summed E-state index contributed by atoms with van der Waals surface area (Å²) in [4.78, 5) is 17.3. The molecule has 1 heterocycles. The molecule has 1 aromatic heterocycles. The zero-order valence-corrected chi connectivity index (χ0v) is 15.4. The van der Waals surface area contributed by atoms with Crippen molar-refractivity contribution in [1.82, 2.24) is 25.3 Å². The van der Waals surface area contributed by atoms with Crippen molar-refractivity contribution in [3.8, 4) is 0 Å². The van der Waals surface area contributed by atoms with Crippen molar-refractivity contribution >= 4 is 35.8 Å². The van der Waals surface area contributed by atoms with Gasteiger partial charge in [-0.05, 0) is 18.9 Å². The molecule has 0 fully saturated rings. The molecule has 0 bridgehead atoms. The van der Waals surface area contributed by atoms with Crippen LogP contribution in [0.4, 0.5) is 0 Å². The highest BCUT2D eigenvalue weighted by molar-refractivity contribution is 14.0. The third kappa shape index (κ3) is 7.88. The average molecular weight is 408 g/mol. The van der Waals surface area contributed by atoms with E-state index in [4.69, 9.17) is 0 Å². The van der Waals surface area contributed by atoms with Gasteiger partial charge in [-0.2, -0.15) is 5.10 Å². The summed E-state index contributed by atoms with van der Waals surface area (Å²) >= 11 is 0. The van der Waals surface area contributed by atoms with Gasteiger partial charge in [-0.3, -0.25) is 9.48 Å². The standard InChI is InChI=1S/C13H24N6O.HI/c1-5-14-13(16-9-12(20)18(2)3)15-7-6-11-8-17-19(4)10-11;/h8,10H,5-7,9H2,1-4H3,(H2,14,15,16);1H. The van der Waals surface area contributed by atoms with E-state index in [1.807, 2.05) is 26.4 Å². The van der Waals surface area contributed by atoms with E-state index in [-0.39, 0.29) is 36.4 Å². The van der Waals surface area contributed by atoms with Gasteiger partial charge < -0.3 is 15.5 Å². The topological polar surface area (TPSA) is 74.6 Å². The van der Waals surface area contributed by atoms with Gasteiger partial charge in [-0.15, -0.1) is 24.0 Å². The third-order valence-corrected chi connectivity index (χ3v) is 2.68. The van der Waals surface area contributed by atoms with Crippen molar-refractivity contribution in [2.75, 3.05) is 33.7 Å². The summed E-state index contributed by atoms with van der Waals surface area (Å²) in [6, 6.07) is 0. The number of hydrogen-bond acceptors (Lipinski definition) is 3. The molecule has 0 aromatic carbocycles. The third-order valence-electron chi connectivity index (χ3n) is 2.68. The lowest BCUT2D eigenvalue weighted by atomic mass is 10.2. The van der Waals surface area contributed by atoms with Gasteiger partial charge in [0.1, 0.15) is 6.54 Å². The molecule has 1 aromatic rings. The number of aryl methyl sites for hydroxylation is 1. The summed E-state index contributed by atoms with van der Waals surface area (Å²) < 4.78 is 1.78. The second-order valence-electron chi connectivity index (χ2n) is 4.68. The van der Waals surface area contributed by atoms with Gasteiger partial charge in [0.05, 0.1) is 6.20 Å². The summed E-state index contributed by atoms with van der Waals surface area (Å²) in [7, 11) is 5.34. The van der Waals surface area contributed by atoms with Gasteiger partial charge in [0, 0.05) is 40.4 Å². The van der Waals surface area contributed by atoms with Gasteiger partial charge in [-0.1, -0.05) is 0 Å². The molecule has 2 N–H and O–H groups in total. The molecule has 0 unspecified atom stereocenters. The van der Waals surface area contributed by atoms with Crippen molar-refractivity contribution in [3.63, 3.8) is 0 Å². The van der Waals surface area contributed by atoms with Crippen molar-refractivity contribution in [2.45, 2.75) is 13.3 Å². The first-order chi connectivity index (χ1) is 9.52. The second-order valence-corrected chi connectivity index (χ2v) is 4.68. The van der Waals surface area contributed by atoms with Crippen molar-refractivity contribution < 1.29 is 4.79 Å². The average Bonchev–Trinajstić information content (AvgIpc) is 2.81. The van der Waals surface area contributed by atoms with E-state index in [9.17, 15) is 4.79 Å². The molecule has 0 spiro atoms. The largest absolute Gasteiger partial charge is 0.357 e. The molecule has 1 rings (SSSR count). The fourth-order valence-corrected chi connectivity index (χ4v) is 1.56. The van der Waals surface area contributed by atoms with E-state index < -0.39 is 0 Å². The Hall–Kier alpha value is -1.32. The van der Waals surface area contributed by atoms with Crippen molar-refractivity contribution in [2.24, 2.45) is 12.0 Å². The second kappa shape index (κ2) is 10.4. The van der Waals surface area contributed by atoms with Crippen LogP contribution in [0.5, 0.6) is 0 Å². The van der Waals surface area contributed by atoms with Crippen LogP contribution in [-0.2, 0) is 18.3 Å². The Bertz CT molecular complexity index is 457. The molecule has 0 aliphatic carbocycles. The van der Waals surface area contributed by atoms with Crippen LogP contribution in [0.15, 0.2) is 17.4 Å². The Morgan fingerprint density at radius 2 is 2.14 bits per heavy atom. The number of halogens is 1. The monoisotopic (exact) mass is 408 g/mol. The van der Waals surface area contributed by atoms with Gasteiger partial charge in [-0.25, -0.2) is 4.99 Å². The summed E-state index contributed by atoms with van der Waals surface area (Å²) in [6.07, 6.45) is 4.70. The highest BCUT2D eigenvalue weighted by Gasteiger charge is 2.04. The minimum Gasteiger partial charge on any atom is -0.357 e. The number of aromatic nitrogens is 2.